The molecular formula is C24H30N2O6S. The Labute approximate surface area is 194 Å². The van der Waals surface area contributed by atoms with Gasteiger partial charge in [-0.25, -0.2) is 13.1 Å². The van der Waals surface area contributed by atoms with E-state index in [0.29, 0.717) is 37.3 Å². The minimum Gasteiger partial charge on any atom is -0.457 e. The second kappa shape index (κ2) is 10.6. The molecule has 0 spiro atoms. The topological polar surface area (TPSA) is 114 Å². The first kappa shape index (κ1) is 23.7. The van der Waals surface area contributed by atoms with Crippen molar-refractivity contribution in [1.29, 1.82) is 0 Å². The maximum atomic E-state index is 12.9. The van der Waals surface area contributed by atoms with Crippen LogP contribution in [0.3, 0.4) is 0 Å². The van der Waals surface area contributed by atoms with Crippen molar-refractivity contribution in [3.05, 3.63) is 54.6 Å². The molecule has 2 aromatic carbocycles. The van der Waals surface area contributed by atoms with Gasteiger partial charge in [0.2, 0.25) is 15.9 Å². The Morgan fingerprint density at radius 1 is 1.00 bits per heavy atom. The number of ether oxygens (including phenoxy) is 2. The molecule has 0 radical (unpaired) electrons. The number of para-hydroxylation sites is 1. The largest absolute Gasteiger partial charge is 0.457 e. The van der Waals surface area contributed by atoms with Crippen LogP contribution in [0.15, 0.2) is 59.5 Å². The van der Waals surface area contributed by atoms with Gasteiger partial charge < -0.3 is 19.9 Å². The summed E-state index contributed by atoms with van der Waals surface area (Å²) in [5.74, 6) is 1.46. The predicted molar refractivity (Wildman–Crippen MR) is 122 cm³/mol. The fourth-order valence-corrected chi connectivity index (χ4v) is 5.20. The maximum absolute atomic E-state index is 12.9. The molecule has 1 heterocycles. The van der Waals surface area contributed by atoms with Gasteiger partial charge in [-0.3, -0.25) is 4.79 Å². The number of hydrogen-bond acceptors (Lipinski definition) is 6. The molecule has 1 saturated heterocycles. The van der Waals surface area contributed by atoms with Crippen molar-refractivity contribution >= 4 is 15.9 Å². The summed E-state index contributed by atoms with van der Waals surface area (Å²) in [6.45, 7) is 0.230. The Bertz CT molecular complexity index is 1020. The second-order valence-electron chi connectivity index (χ2n) is 8.52. The molecule has 0 unspecified atom stereocenters. The molecule has 0 aromatic heterocycles. The summed E-state index contributed by atoms with van der Waals surface area (Å²) in [5.41, 5.74) is 0. The van der Waals surface area contributed by atoms with Gasteiger partial charge in [0.1, 0.15) is 11.5 Å². The van der Waals surface area contributed by atoms with E-state index in [1.165, 1.54) is 12.1 Å². The molecule has 8 nitrogen and oxygen atoms in total. The number of carbonyl (C=O) groups is 1. The van der Waals surface area contributed by atoms with E-state index in [1.54, 1.807) is 12.1 Å². The van der Waals surface area contributed by atoms with Crippen LogP contribution in [-0.2, 0) is 19.6 Å². The van der Waals surface area contributed by atoms with E-state index in [-0.39, 0.29) is 29.4 Å². The smallest absolute Gasteiger partial charge is 0.240 e. The first-order chi connectivity index (χ1) is 15.9. The molecule has 178 valence electrons. The van der Waals surface area contributed by atoms with Crippen LogP contribution in [0.1, 0.15) is 32.1 Å². The molecule has 0 bridgehead atoms. The highest BCUT2D eigenvalue weighted by molar-refractivity contribution is 7.89. The number of benzene rings is 2. The van der Waals surface area contributed by atoms with E-state index in [9.17, 15) is 18.3 Å². The molecular weight excluding hydrogens is 444 g/mol. The molecule has 3 N–H and O–H groups in total. The molecule has 33 heavy (non-hydrogen) atoms. The highest BCUT2D eigenvalue weighted by atomic mass is 32.2. The molecule has 1 saturated carbocycles. The molecule has 2 aromatic rings. The van der Waals surface area contributed by atoms with Gasteiger partial charge in [-0.15, -0.1) is 0 Å². The van der Waals surface area contributed by atoms with Crippen LogP contribution in [0.5, 0.6) is 11.5 Å². The molecule has 1 aliphatic carbocycles. The predicted octanol–water partition coefficient (Wildman–Crippen LogP) is 2.58. The number of amides is 1. The molecule has 2 aliphatic rings. The SMILES string of the molecule is O=C(NCC[C@@H]1CC[C@@H](NS(=O)(=O)c2ccc(Oc3ccccc3)cc2)[C@@H](CO)O1)C1CC1. The zero-order valence-corrected chi connectivity index (χ0v) is 19.2. The van der Waals surface area contributed by atoms with E-state index in [0.717, 1.165) is 12.8 Å². The second-order valence-corrected chi connectivity index (χ2v) is 10.2. The number of rotatable bonds is 10. The first-order valence-electron chi connectivity index (χ1n) is 11.3. The van der Waals surface area contributed by atoms with Crippen LogP contribution >= 0.6 is 0 Å². The molecule has 9 heteroatoms. The Kier molecular flexibility index (Phi) is 7.64. The summed E-state index contributed by atoms with van der Waals surface area (Å²) in [7, 11) is -3.79. The van der Waals surface area contributed by atoms with Crippen LogP contribution in [0, 0.1) is 5.92 Å². The van der Waals surface area contributed by atoms with Crippen molar-refractivity contribution in [2.24, 2.45) is 5.92 Å². The fraction of sp³-hybridized carbons (Fsp3) is 0.458. The van der Waals surface area contributed by atoms with E-state index < -0.39 is 22.2 Å². The maximum Gasteiger partial charge on any atom is 0.240 e. The quantitative estimate of drug-likeness (QED) is 0.488. The van der Waals surface area contributed by atoms with Crippen LogP contribution in [0.2, 0.25) is 0 Å². The van der Waals surface area contributed by atoms with Crippen LogP contribution < -0.4 is 14.8 Å². The van der Waals surface area contributed by atoms with E-state index in [1.807, 2.05) is 30.3 Å². The van der Waals surface area contributed by atoms with E-state index in [2.05, 4.69) is 10.0 Å². The Morgan fingerprint density at radius 2 is 1.70 bits per heavy atom. The summed E-state index contributed by atoms with van der Waals surface area (Å²) in [4.78, 5) is 11.9. The van der Waals surface area contributed by atoms with Crippen molar-refractivity contribution < 1.29 is 27.8 Å². The van der Waals surface area contributed by atoms with Crippen molar-refractivity contribution in [1.82, 2.24) is 10.0 Å². The van der Waals surface area contributed by atoms with Gasteiger partial charge in [-0.2, -0.15) is 0 Å². The lowest BCUT2D eigenvalue weighted by Crippen LogP contribution is -2.51. The average molecular weight is 475 g/mol. The van der Waals surface area contributed by atoms with Crippen molar-refractivity contribution in [3.8, 4) is 11.5 Å². The molecule has 1 aliphatic heterocycles. The third-order valence-corrected chi connectivity index (χ3v) is 7.43. The Morgan fingerprint density at radius 3 is 2.36 bits per heavy atom. The number of nitrogens with one attached hydrogen (secondary N) is 2. The fourth-order valence-electron chi connectivity index (χ4n) is 3.90. The first-order valence-corrected chi connectivity index (χ1v) is 12.8. The van der Waals surface area contributed by atoms with Crippen LogP contribution in [0.4, 0.5) is 0 Å². The zero-order valence-electron chi connectivity index (χ0n) is 18.4. The summed E-state index contributed by atoms with van der Waals surface area (Å²) in [6, 6.07) is 14.9. The number of hydrogen-bond donors (Lipinski definition) is 3. The lowest BCUT2D eigenvalue weighted by Gasteiger charge is -2.36. The third kappa shape index (κ3) is 6.54. The van der Waals surface area contributed by atoms with Gasteiger partial charge in [0, 0.05) is 12.5 Å². The van der Waals surface area contributed by atoms with E-state index in [4.69, 9.17) is 9.47 Å². The van der Waals surface area contributed by atoms with Gasteiger partial charge in [0.15, 0.2) is 0 Å². The van der Waals surface area contributed by atoms with Gasteiger partial charge >= 0.3 is 0 Å². The molecule has 2 fully saturated rings. The normalized spacial score (nSPS) is 23.1. The minimum atomic E-state index is -3.79. The summed E-state index contributed by atoms with van der Waals surface area (Å²) in [5, 5.41) is 12.7. The lowest BCUT2D eigenvalue weighted by molar-refractivity contribution is -0.122. The van der Waals surface area contributed by atoms with Crippen molar-refractivity contribution in [2.45, 2.75) is 55.2 Å². The monoisotopic (exact) mass is 474 g/mol. The molecule has 1 amide bonds. The zero-order chi connectivity index (χ0) is 23.3. The lowest BCUT2D eigenvalue weighted by atomic mass is 9.98. The summed E-state index contributed by atoms with van der Waals surface area (Å²) in [6.07, 6.45) is 2.98. The van der Waals surface area contributed by atoms with Crippen LogP contribution in [0.25, 0.3) is 0 Å². The average Bonchev–Trinajstić information content (AvgIpc) is 3.66. The van der Waals surface area contributed by atoms with Crippen LogP contribution in [-0.4, -0.2) is 50.8 Å². The van der Waals surface area contributed by atoms with Gasteiger partial charge in [0.25, 0.3) is 0 Å². The standard InChI is InChI=1S/C24H30N2O6S/c27-16-23-22(13-10-20(32-23)14-15-25-24(28)17-6-7-17)26-33(29,30)21-11-8-19(9-12-21)31-18-4-2-1-3-5-18/h1-5,8-9,11-12,17,20,22-23,26-27H,6-7,10,13-16H2,(H,25,28)/t20-,22+,23+/m0/s1. The number of aliphatic hydroxyl groups excluding tert-OH is 1. The number of carbonyl (C=O) groups excluding carboxylic acids is 1. The number of sulfonamides is 1. The number of aliphatic hydroxyl groups is 1. The van der Waals surface area contributed by atoms with E-state index >= 15 is 0 Å². The van der Waals surface area contributed by atoms with Gasteiger partial charge in [-0.05, 0) is 68.5 Å². The minimum absolute atomic E-state index is 0.0929. The van der Waals surface area contributed by atoms with Gasteiger partial charge in [0.05, 0.1) is 29.8 Å². The summed E-state index contributed by atoms with van der Waals surface area (Å²) >= 11 is 0. The molecule has 3 atom stereocenters. The highest BCUT2D eigenvalue weighted by Crippen LogP contribution is 2.29. The molecule has 4 rings (SSSR count). The Hall–Kier alpha value is -2.46. The van der Waals surface area contributed by atoms with Crippen molar-refractivity contribution in [2.75, 3.05) is 13.2 Å². The highest BCUT2D eigenvalue weighted by Gasteiger charge is 2.34. The summed E-state index contributed by atoms with van der Waals surface area (Å²) < 4.78 is 40.1. The Balaban J connectivity index is 1.30. The van der Waals surface area contributed by atoms with Crippen molar-refractivity contribution in [3.63, 3.8) is 0 Å². The van der Waals surface area contributed by atoms with Gasteiger partial charge in [-0.1, -0.05) is 18.2 Å². The third-order valence-electron chi connectivity index (χ3n) is 5.93.